The molecule has 1 aliphatic heterocycles. The first-order valence-electron chi connectivity index (χ1n) is 7.64. The minimum Gasteiger partial charge on any atom is -0.313 e. The average Bonchev–Trinajstić information content (AvgIpc) is 3.01. The molecule has 3 fully saturated rings. The Bertz CT molecular complexity index is 336. The van der Waals surface area contributed by atoms with E-state index in [4.69, 9.17) is 5.73 Å². The third-order valence-electron chi connectivity index (χ3n) is 5.68. The molecule has 0 aromatic carbocycles. The van der Waals surface area contributed by atoms with Gasteiger partial charge in [-0.1, -0.05) is 12.8 Å². The van der Waals surface area contributed by atoms with Gasteiger partial charge in [-0.2, -0.15) is 5.26 Å². The first-order valence-corrected chi connectivity index (χ1v) is 7.64. The summed E-state index contributed by atoms with van der Waals surface area (Å²) in [4.78, 5) is 2.63. The summed E-state index contributed by atoms with van der Waals surface area (Å²) in [7, 11) is 0. The monoisotopic (exact) mass is 247 g/mol. The van der Waals surface area contributed by atoms with Crippen molar-refractivity contribution in [3.8, 4) is 6.07 Å². The number of likely N-dealkylation sites (tertiary alicyclic amines) is 1. The van der Waals surface area contributed by atoms with Crippen molar-refractivity contribution in [3.05, 3.63) is 0 Å². The highest BCUT2D eigenvalue weighted by Gasteiger charge is 2.41. The Kier molecular flexibility index (Phi) is 3.34. The molecule has 2 aliphatic carbocycles. The maximum Gasteiger partial charge on any atom is 0.107 e. The Hall–Kier alpha value is -0.590. The van der Waals surface area contributed by atoms with Gasteiger partial charge in [-0.25, -0.2) is 0 Å². The van der Waals surface area contributed by atoms with E-state index in [-0.39, 0.29) is 0 Å². The summed E-state index contributed by atoms with van der Waals surface area (Å²) in [5.74, 6) is 2.39. The highest BCUT2D eigenvalue weighted by molar-refractivity contribution is 5.12. The van der Waals surface area contributed by atoms with Crippen molar-refractivity contribution < 1.29 is 0 Å². The van der Waals surface area contributed by atoms with E-state index in [1.54, 1.807) is 0 Å². The molecule has 0 radical (unpaired) electrons. The molecule has 18 heavy (non-hydrogen) atoms. The fourth-order valence-electron chi connectivity index (χ4n) is 4.50. The van der Waals surface area contributed by atoms with Crippen molar-refractivity contribution in [2.45, 2.75) is 50.5 Å². The zero-order valence-electron chi connectivity index (χ0n) is 11.3. The van der Waals surface area contributed by atoms with Crippen LogP contribution >= 0.6 is 0 Å². The van der Waals surface area contributed by atoms with Crippen LogP contribution in [0.1, 0.15) is 44.9 Å². The van der Waals surface area contributed by atoms with Gasteiger partial charge in [0.25, 0.3) is 0 Å². The smallest absolute Gasteiger partial charge is 0.107 e. The number of rotatable bonds is 3. The molecule has 3 nitrogen and oxygen atoms in total. The van der Waals surface area contributed by atoms with Crippen LogP contribution in [0.4, 0.5) is 0 Å². The van der Waals surface area contributed by atoms with E-state index in [1.165, 1.54) is 32.4 Å². The Morgan fingerprint density at radius 1 is 1.17 bits per heavy atom. The maximum absolute atomic E-state index is 9.23. The van der Waals surface area contributed by atoms with Crippen molar-refractivity contribution in [3.63, 3.8) is 0 Å². The third kappa shape index (κ3) is 2.17. The van der Waals surface area contributed by atoms with Gasteiger partial charge in [0.1, 0.15) is 5.54 Å². The molecule has 3 rings (SSSR count). The summed E-state index contributed by atoms with van der Waals surface area (Å²) in [6, 6.07) is 2.36. The predicted molar refractivity (Wildman–Crippen MR) is 71.8 cm³/mol. The first kappa shape index (κ1) is 12.4. The Balaban J connectivity index is 1.49. The lowest BCUT2D eigenvalue weighted by Gasteiger charge is -2.26. The number of fused-ring (bicyclic) bond motifs is 1. The number of hydrogen-bond acceptors (Lipinski definition) is 3. The molecule has 2 N–H and O–H groups in total. The Morgan fingerprint density at radius 3 is 2.56 bits per heavy atom. The number of nitrogens with zero attached hydrogens (tertiary/aromatic N) is 2. The van der Waals surface area contributed by atoms with E-state index in [1.807, 2.05) is 0 Å². The Morgan fingerprint density at radius 2 is 1.89 bits per heavy atom. The topological polar surface area (TPSA) is 53.1 Å². The largest absolute Gasteiger partial charge is 0.313 e. The van der Waals surface area contributed by atoms with Crippen LogP contribution in [0.15, 0.2) is 0 Å². The fraction of sp³-hybridized carbons (Fsp3) is 0.933. The van der Waals surface area contributed by atoms with E-state index >= 15 is 0 Å². The molecule has 4 unspecified atom stereocenters. The van der Waals surface area contributed by atoms with Crippen LogP contribution in [0.25, 0.3) is 0 Å². The second-order valence-electron chi connectivity index (χ2n) is 6.74. The summed E-state index contributed by atoms with van der Waals surface area (Å²) >= 11 is 0. The molecule has 100 valence electrons. The minimum atomic E-state index is -0.518. The average molecular weight is 247 g/mol. The zero-order valence-corrected chi connectivity index (χ0v) is 11.3. The van der Waals surface area contributed by atoms with Crippen molar-refractivity contribution in [2.24, 2.45) is 23.5 Å². The lowest BCUT2D eigenvalue weighted by Crippen LogP contribution is -2.43. The lowest BCUT2D eigenvalue weighted by atomic mass is 9.87. The van der Waals surface area contributed by atoms with E-state index < -0.39 is 5.54 Å². The van der Waals surface area contributed by atoms with Crippen LogP contribution in [0.5, 0.6) is 0 Å². The number of nitrogens with two attached hydrogens (primary N) is 1. The fourth-order valence-corrected chi connectivity index (χ4v) is 4.50. The van der Waals surface area contributed by atoms with Crippen LogP contribution in [0, 0.1) is 29.1 Å². The van der Waals surface area contributed by atoms with Gasteiger partial charge >= 0.3 is 0 Å². The summed E-state index contributed by atoms with van der Waals surface area (Å²) in [6.45, 7) is 3.78. The molecule has 3 aliphatic rings. The molecule has 2 saturated carbocycles. The van der Waals surface area contributed by atoms with Gasteiger partial charge in [-0.05, 0) is 56.4 Å². The quantitative estimate of drug-likeness (QED) is 0.831. The second-order valence-corrected chi connectivity index (χ2v) is 6.74. The Labute approximate surface area is 110 Å². The molecular weight excluding hydrogens is 222 g/mol. The van der Waals surface area contributed by atoms with Crippen molar-refractivity contribution >= 4 is 0 Å². The van der Waals surface area contributed by atoms with E-state index in [0.717, 1.165) is 44.1 Å². The van der Waals surface area contributed by atoms with Crippen molar-refractivity contribution in [1.82, 2.24) is 4.90 Å². The molecular formula is C15H25N3. The highest BCUT2D eigenvalue weighted by atomic mass is 15.2. The van der Waals surface area contributed by atoms with Crippen LogP contribution in [-0.4, -0.2) is 30.1 Å². The van der Waals surface area contributed by atoms with E-state index in [2.05, 4.69) is 11.0 Å². The molecule has 0 aromatic rings. The standard InChI is InChI=1S/C15H25N3/c16-11-15(17)7-2-5-14(15)6-8-18-9-12-3-1-4-13(12)10-18/h12-14H,1-10,17H2. The summed E-state index contributed by atoms with van der Waals surface area (Å²) in [6.07, 6.45) is 8.67. The number of nitriles is 1. The summed E-state index contributed by atoms with van der Waals surface area (Å²) in [5, 5.41) is 9.23. The van der Waals surface area contributed by atoms with Crippen LogP contribution in [0.3, 0.4) is 0 Å². The maximum atomic E-state index is 9.23. The van der Waals surface area contributed by atoms with Crippen LogP contribution in [0.2, 0.25) is 0 Å². The van der Waals surface area contributed by atoms with Gasteiger partial charge in [-0.15, -0.1) is 0 Å². The summed E-state index contributed by atoms with van der Waals surface area (Å²) < 4.78 is 0. The molecule has 0 spiro atoms. The molecule has 0 aromatic heterocycles. The molecule has 1 heterocycles. The summed E-state index contributed by atoms with van der Waals surface area (Å²) in [5.41, 5.74) is 5.68. The molecule has 1 saturated heterocycles. The second kappa shape index (κ2) is 4.83. The van der Waals surface area contributed by atoms with E-state index in [0.29, 0.717) is 5.92 Å². The number of hydrogen-bond donors (Lipinski definition) is 1. The lowest BCUT2D eigenvalue weighted by molar-refractivity contribution is 0.261. The molecule has 0 bridgehead atoms. The van der Waals surface area contributed by atoms with Crippen molar-refractivity contribution in [1.29, 1.82) is 5.26 Å². The van der Waals surface area contributed by atoms with Gasteiger partial charge in [0.2, 0.25) is 0 Å². The molecule has 4 atom stereocenters. The van der Waals surface area contributed by atoms with Gasteiger partial charge in [0, 0.05) is 13.1 Å². The van der Waals surface area contributed by atoms with Gasteiger partial charge in [-0.3, -0.25) is 0 Å². The molecule has 3 heteroatoms. The van der Waals surface area contributed by atoms with Crippen molar-refractivity contribution in [2.75, 3.05) is 19.6 Å². The normalized spacial score (nSPS) is 44.1. The predicted octanol–water partition coefficient (Wildman–Crippen LogP) is 2.13. The zero-order chi connectivity index (χ0) is 12.6. The van der Waals surface area contributed by atoms with Gasteiger partial charge in [0.05, 0.1) is 6.07 Å². The van der Waals surface area contributed by atoms with Crippen LogP contribution in [-0.2, 0) is 0 Å². The minimum absolute atomic E-state index is 0.433. The van der Waals surface area contributed by atoms with E-state index in [9.17, 15) is 5.26 Å². The SMILES string of the molecule is N#CC1(N)CCCC1CCN1CC2CCCC2C1. The molecule has 0 amide bonds. The van der Waals surface area contributed by atoms with Gasteiger partial charge < -0.3 is 10.6 Å². The third-order valence-corrected chi connectivity index (χ3v) is 5.68. The first-order chi connectivity index (χ1) is 8.71. The highest BCUT2D eigenvalue weighted by Crippen LogP contribution is 2.39. The van der Waals surface area contributed by atoms with Gasteiger partial charge in [0.15, 0.2) is 0 Å². The van der Waals surface area contributed by atoms with Crippen LogP contribution < -0.4 is 5.73 Å².